The average molecular weight is 271 g/mol. The molecule has 1 aromatic rings. The van der Waals surface area contributed by atoms with Gasteiger partial charge in [-0.1, -0.05) is 19.1 Å². The van der Waals surface area contributed by atoms with Gasteiger partial charge in [0.15, 0.2) is 0 Å². The van der Waals surface area contributed by atoms with Crippen LogP contribution in [0.15, 0.2) is 24.3 Å². The van der Waals surface area contributed by atoms with Crippen LogP contribution in [-0.2, 0) is 0 Å². The van der Waals surface area contributed by atoms with Crippen LogP contribution in [0.1, 0.15) is 38.7 Å². The lowest BCUT2D eigenvalue weighted by Crippen LogP contribution is -2.39. The first-order chi connectivity index (χ1) is 9.74. The second kappa shape index (κ2) is 7.31. The molecule has 1 heterocycles. The summed E-state index contributed by atoms with van der Waals surface area (Å²) in [7, 11) is 0. The summed E-state index contributed by atoms with van der Waals surface area (Å²) < 4.78 is 0. The fourth-order valence-electron chi connectivity index (χ4n) is 3.06. The van der Waals surface area contributed by atoms with E-state index in [4.69, 9.17) is 5.26 Å². The number of anilines is 1. The molecule has 0 saturated carbocycles. The van der Waals surface area contributed by atoms with Crippen molar-refractivity contribution in [3.8, 4) is 6.07 Å². The van der Waals surface area contributed by atoms with E-state index in [0.717, 1.165) is 11.3 Å². The minimum absolute atomic E-state index is 0.424. The van der Waals surface area contributed by atoms with E-state index in [9.17, 15) is 0 Å². The third kappa shape index (κ3) is 3.74. The van der Waals surface area contributed by atoms with Crippen molar-refractivity contribution in [2.24, 2.45) is 5.92 Å². The molecule has 0 aliphatic carbocycles. The van der Waals surface area contributed by atoms with E-state index in [0.29, 0.717) is 12.0 Å². The maximum atomic E-state index is 9.14. The number of nitriles is 1. The first-order valence-corrected chi connectivity index (χ1v) is 7.72. The largest absolute Gasteiger partial charge is 0.381 e. The minimum Gasteiger partial charge on any atom is -0.381 e. The number of nitrogens with one attached hydrogen (secondary N) is 1. The number of piperidine rings is 1. The van der Waals surface area contributed by atoms with E-state index in [2.05, 4.69) is 30.1 Å². The number of hydrogen-bond donors (Lipinski definition) is 1. The van der Waals surface area contributed by atoms with Crippen LogP contribution in [0.25, 0.3) is 0 Å². The molecule has 0 amide bonds. The number of likely N-dealkylation sites (tertiary alicyclic amines) is 1. The van der Waals surface area contributed by atoms with Gasteiger partial charge in [-0.15, -0.1) is 0 Å². The summed E-state index contributed by atoms with van der Waals surface area (Å²) in [6, 6.07) is 10.5. The molecule has 3 heteroatoms. The number of rotatable bonds is 5. The van der Waals surface area contributed by atoms with E-state index in [-0.39, 0.29) is 0 Å². The van der Waals surface area contributed by atoms with Crippen molar-refractivity contribution < 1.29 is 0 Å². The molecule has 3 nitrogen and oxygen atoms in total. The lowest BCUT2D eigenvalue weighted by atomic mass is 9.90. The van der Waals surface area contributed by atoms with Crippen LogP contribution < -0.4 is 5.32 Å². The topological polar surface area (TPSA) is 39.1 Å². The van der Waals surface area contributed by atoms with Gasteiger partial charge in [-0.2, -0.15) is 5.26 Å². The Kier molecular flexibility index (Phi) is 5.43. The maximum Gasteiger partial charge on any atom is 0.101 e. The van der Waals surface area contributed by atoms with E-state index in [1.807, 2.05) is 24.3 Å². The van der Waals surface area contributed by atoms with E-state index in [1.54, 1.807) is 0 Å². The molecule has 1 saturated heterocycles. The van der Waals surface area contributed by atoms with Gasteiger partial charge in [0.25, 0.3) is 0 Å². The zero-order valence-electron chi connectivity index (χ0n) is 12.6. The summed E-state index contributed by atoms with van der Waals surface area (Å²) in [6.07, 6.45) is 3.75. The molecule has 1 aliphatic heterocycles. The molecule has 0 radical (unpaired) electrons. The molecule has 108 valence electrons. The highest BCUT2D eigenvalue weighted by atomic mass is 15.1. The Morgan fingerprint density at radius 3 is 2.70 bits per heavy atom. The third-order valence-electron chi connectivity index (χ3n) is 4.31. The fourth-order valence-corrected chi connectivity index (χ4v) is 3.06. The van der Waals surface area contributed by atoms with E-state index < -0.39 is 0 Å². The zero-order valence-corrected chi connectivity index (χ0v) is 12.6. The molecular weight excluding hydrogens is 246 g/mol. The first-order valence-electron chi connectivity index (χ1n) is 7.72. The van der Waals surface area contributed by atoms with Crippen molar-refractivity contribution in [3.63, 3.8) is 0 Å². The van der Waals surface area contributed by atoms with Crippen LogP contribution >= 0.6 is 0 Å². The number of benzene rings is 1. The summed E-state index contributed by atoms with van der Waals surface area (Å²) in [4.78, 5) is 2.56. The Morgan fingerprint density at radius 2 is 2.05 bits per heavy atom. The number of hydrogen-bond acceptors (Lipinski definition) is 3. The molecule has 2 rings (SSSR count). The standard InChI is InChI=1S/C17H25N3/c1-3-10-20-11-8-15(9-12-20)14(2)19-17-7-5-4-6-16(17)13-18/h4-7,14-15,19H,3,8-12H2,1-2H3. The minimum atomic E-state index is 0.424. The van der Waals surface area contributed by atoms with Gasteiger partial charge in [0, 0.05) is 6.04 Å². The Labute approximate surface area is 122 Å². The van der Waals surface area contributed by atoms with Gasteiger partial charge in [-0.3, -0.25) is 0 Å². The van der Waals surface area contributed by atoms with Gasteiger partial charge >= 0.3 is 0 Å². The van der Waals surface area contributed by atoms with Crippen molar-refractivity contribution in [2.45, 2.75) is 39.2 Å². The Bertz CT molecular complexity index is 456. The molecule has 1 N–H and O–H groups in total. The number of nitrogens with zero attached hydrogens (tertiary/aromatic N) is 2. The summed E-state index contributed by atoms with van der Waals surface area (Å²) >= 11 is 0. The van der Waals surface area contributed by atoms with Crippen molar-refractivity contribution in [1.82, 2.24) is 4.90 Å². The maximum absolute atomic E-state index is 9.14. The molecule has 0 bridgehead atoms. The van der Waals surface area contributed by atoms with Gasteiger partial charge in [-0.25, -0.2) is 0 Å². The average Bonchev–Trinajstić information content (AvgIpc) is 2.49. The Hall–Kier alpha value is -1.53. The molecule has 1 aromatic carbocycles. The van der Waals surface area contributed by atoms with Gasteiger partial charge in [0.05, 0.1) is 11.3 Å². The highest BCUT2D eigenvalue weighted by molar-refractivity contribution is 5.57. The Morgan fingerprint density at radius 1 is 1.35 bits per heavy atom. The second-order valence-electron chi connectivity index (χ2n) is 5.77. The van der Waals surface area contributed by atoms with Crippen LogP contribution in [0.5, 0.6) is 0 Å². The lowest BCUT2D eigenvalue weighted by Gasteiger charge is -2.35. The summed E-state index contributed by atoms with van der Waals surface area (Å²) in [5.74, 6) is 0.704. The molecule has 1 fully saturated rings. The lowest BCUT2D eigenvalue weighted by molar-refractivity contribution is 0.176. The van der Waals surface area contributed by atoms with Gasteiger partial charge in [0.1, 0.15) is 6.07 Å². The smallest absolute Gasteiger partial charge is 0.101 e. The van der Waals surface area contributed by atoms with Gasteiger partial charge < -0.3 is 10.2 Å². The SMILES string of the molecule is CCCN1CCC(C(C)Nc2ccccc2C#N)CC1. The third-order valence-corrected chi connectivity index (χ3v) is 4.31. The van der Waals surface area contributed by atoms with Crippen LogP contribution in [0.2, 0.25) is 0 Å². The molecule has 20 heavy (non-hydrogen) atoms. The van der Waals surface area contributed by atoms with Gasteiger partial charge in [0.2, 0.25) is 0 Å². The molecular formula is C17H25N3. The van der Waals surface area contributed by atoms with Crippen molar-refractivity contribution in [3.05, 3.63) is 29.8 Å². The summed E-state index contributed by atoms with van der Waals surface area (Å²) in [5, 5.41) is 12.7. The Balaban J connectivity index is 1.90. The van der Waals surface area contributed by atoms with Crippen molar-refractivity contribution in [2.75, 3.05) is 25.0 Å². The normalized spacial score (nSPS) is 18.4. The first kappa shape index (κ1) is 14.9. The molecule has 0 spiro atoms. The summed E-state index contributed by atoms with van der Waals surface area (Å²) in [6.45, 7) is 8.14. The fraction of sp³-hybridized carbons (Fsp3) is 0.588. The van der Waals surface area contributed by atoms with E-state index >= 15 is 0 Å². The molecule has 1 atom stereocenters. The van der Waals surface area contributed by atoms with Crippen LogP contribution in [0.4, 0.5) is 5.69 Å². The highest BCUT2D eigenvalue weighted by Gasteiger charge is 2.23. The van der Waals surface area contributed by atoms with Gasteiger partial charge in [-0.05, 0) is 63.9 Å². The molecule has 1 unspecified atom stereocenters. The molecule has 0 aromatic heterocycles. The predicted octanol–water partition coefficient (Wildman–Crippen LogP) is 3.48. The highest BCUT2D eigenvalue weighted by Crippen LogP contribution is 2.24. The monoisotopic (exact) mass is 271 g/mol. The van der Waals surface area contributed by atoms with Crippen LogP contribution in [0.3, 0.4) is 0 Å². The van der Waals surface area contributed by atoms with Crippen molar-refractivity contribution >= 4 is 5.69 Å². The van der Waals surface area contributed by atoms with Crippen LogP contribution in [0, 0.1) is 17.2 Å². The second-order valence-corrected chi connectivity index (χ2v) is 5.77. The predicted molar refractivity (Wildman–Crippen MR) is 83.7 cm³/mol. The van der Waals surface area contributed by atoms with Crippen LogP contribution in [-0.4, -0.2) is 30.6 Å². The van der Waals surface area contributed by atoms with E-state index in [1.165, 1.54) is 38.9 Å². The molecule has 1 aliphatic rings. The number of para-hydroxylation sites is 1. The van der Waals surface area contributed by atoms with Crippen molar-refractivity contribution in [1.29, 1.82) is 5.26 Å². The summed E-state index contributed by atoms with van der Waals surface area (Å²) in [5.41, 5.74) is 1.71. The quantitative estimate of drug-likeness (QED) is 0.891. The zero-order chi connectivity index (χ0) is 14.4.